The van der Waals surface area contributed by atoms with Gasteiger partial charge in [-0.15, -0.1) is 0 Å². The maximum absolute atomic E-state index is 11.8. The van der Waals surface area contributed by atoms with Gasteiger partial charge >= 0.3 is 12.1 Å². The first-order valence-electron chi connectivity index (χ1n) is 6.18. The fourth-order valence-corrected chi connectivity index (χ4v) is 2.13. The molecule has 0 saturated carbocycles. The molecule has 0 atom stereocenters. The van der Waals surface area contributed by atoms with Gasteiger partial charge in [-0.2, -0.15) is 0 Å². The van der Waals surface area contributed by atoms with E-state index in [-0.39, 0.29) is 6.42 Å². The molecule has 1 aliphatic rings. The van der Waals surface area contributed by atoms with Crippen LogP contribution >= 0.6 is 0 Å². The van der Waals surface area contributed by atoms with Gasteiger partial charge in [0.05, 0.1) is 12.0 Å². The molecule has 1 amide bonds. The summed E-state index contributed by atoms with van der Waals surface area (Å²) in [6, 6.07) is 0. The van der Waals surface area contributed by atoms with Gasteiger partial charge in [0.15, 0.2) is 0 Å². The minimum atomic E-state index is -0.891. The Hall–Kier alpha value is -1.34. The number of nitrogens with zero attached hydrogens (tertiary/aromatic N) is 2. The second-order valence-electron chi connectivity index (χ2n) is 6.19. The van der Waals surface area contributed by atoms with E-state index in [1.54, 1.807) is 39.9 Å². The third kappa shape index (κ3) is 4.68. The van der Waals surface area contributed by atoms with Gasteiger partial charge in [0.2, 0.25) is 0 Å². The molecule has 1 fully saturated rings. The van der Waals surface area contributed by atoms with Crippen molar-refractivity contribution in [3.8, 4) is 0 Å². The quantitative estimate of drug-likeness (QED) is 0.727. The number of carboxylic acid groups (broad SMARTS) is 1. The van der Waals surface area contributed by atoms with E-state index in [1.165, 1.54) is 4.90 Å². The number of amides is 1. The SMILES string of the molecule is CN(C)NC1(CC(=O)O)CN(C(=O)OC(C)(C)C)C1. The van der Waals surface area contributed by atoms with Crippen LogP contribution < -0.4 is 5.43 Å². The Morgan fingerprint density at radius 3 is 2.26 bits per heavy atom. The molecule has 1 aliphatic heterocycles. The van der Waals surface area contributed by atoms with Crippen molar-refractivity contribution in [1.29, 1.82) is 0 Å². The van der Waals surface area contributed by atoms with Crippen molar-refractivity contribution in [3.63, 3.8) is 0 Å². The number of aliphatic carboxylic acids is 1. The molecular weight excluding hydrogens is 250 g/mol. The van der Waals surface area contributed by atoms with Gasteiger partial charge in [-0.1, -0.05) is 0 Å². The van der Waals surface area contributed by atoms with Crippen molar-refractivity contribution in [2.75, 3.05) is 27.2 Å². The number of hydrazine groups is 1. The molecule has 0 spiro atoms. The second kappa shape index (κ2) is 5.34. The van der Waals surface area contributed by atoms with E-state index >= 15 is 0 Å². The molecule has 7 nitrogen and oxygen atoms in total. The molecule has 1 saturated heterocycles. The Kier molecular flexibility index (Phi) is 4.42. The van der Waals surface area contributed by atoms with Gasteiger partial charge in [0, 0.05) is 27.2 Å². The Morgan fingerprint density at radius 1 is 1.37 bits per heavy atom. The third-order valence-electron chi connectivity index (χ3n) is 2.59. The predicted octanol–water partition coefficient (Wildman–Crippen LogP) is 0.517. The first kappa shape index (κ1) is 15.7. The number of carboxylic acids is 1. The molecule has 2 N–H and O–H groups in total. The van der Waals surface area contributed by atoms with Crippen molar-refractivity contribution in [2.45, 2.75) is 38.3 Å². The van der Waals surface area contributed by atoms with Gasteiger partial charge in [-0.05, 0) is 20.8 Å². The molecule has 0 aromatic rings. The molecule has 0 bridgehead atoms. The summed E-state index contributed by atoms with van der Waals surface area (Å²) < 4.78 is 5.24. The fourth-order valence-electron chi connectivity index (χ4n) is 2.13. The number of carbonyl (C=O) groups excluding carboxylic acids is 1. The molecule has 110 valence electrons. The monoisotopic (exact) mass is 273 g/mol. The lowest BCUT2D eigenvalue weighted by molar-refractivity contribution is -0.142. The molecule has 0 unspecified atom stereocenters. The van der Waals surface area contributed by atoms with Crippen molar-refractivity contribution in [3.05, 3.63) is 0 Å². The van der Waals surface area contributed by atoms with E-state index in [2.05, 4.69) is 5.43 Å². The highest BCUT2D eigenvalue weighted by Gasteiger charge is 2.48. The largest absolute Gasteiger partial charge is 0.481 e. The van der Waals surface area contributed by atoms with Crippen LogP contribution in [0.2, 0.25) is 0 Å². The van der Waals surface area contributed by atoms with Crippen LogP contribution in [0.25, 0.3) is 0 Å². The number of nitrogens with one attached hydrogen (secondary N) is 1. The topological polar surface area (TPSA) is 82.1 Å². The highest BCUT2D eigenvalue weighted by atomic mass is 16.6. The predicted molar refractivity (Wildman–Crippen MR) is 69.6 cm³/mol. The van der Waals surface area contributed by atoms with Gasteiger partial charge in [-0.25, -0.2) is 15.2 Å². The lowest BCUT2D eigenvalue weighted by atomic mass is 9.87. The maximum Gasteiger partial charge on any atom is 0.410 e. The van der Waals surface area contributed by atoms with E-state index in [4.69, 9.17) is 9.84 Å². The van der Waals surface area contributed by atoms with Crippen LogP contribution in [0.3, 0.4) is 0 Å². The normalized spacial score (nSPS) is 18.1. The summed E-state index contributed by atoms with van der Waals surface area (Å²) in [6.45, 7) is 6.05. The van der Waals surface area contributed by atoms with Gasteiger partial charge in [0.25, 0.3) is 0 Å². The summed E-state index contributed by atoms with van der Waals surface area (Å²) in [5, 5.41) is 10.6. The Bertz CT molecular complexity index is 356. The van der Waals surface area contributed by atoms with E-state index in [0.29, 0.717) is 13.1 Å². The number of hydrogen-bond acceptors (Lipinski definition) is 5. The molecule has 0 aliphatic carbocycles. The lowest BCUT2D eigenvalue weighted by Gasteiger charge is -2.50. The Labute approximate surface area is 113 Å². The van der Waals surface area contributed by atoms with Crippen LogP contribution in [0, 0.1) is 0 Å². The lowest BCUT2D eigenvalue weighted by Crippen LogP contribution is -2.73. The number of likely N-dealkylation sites (tertiary alicyclic amines) is 1. The molecular formula is C12H23N3O4. The highest BCUT2D eigenvalue weighted by molar-refractivity contribution is 5.73. The van der Waals surface area contributed by atoms with Crippen LogP contribution in [0.4, 0.5) is 4.79 Å². The van der Waals surface area contributed by atoms with Crippen molar-refractivity contribution < 1.29 is 19.4 Å². The first-order chi connectivity index (χ1) is 8.53. The van der Waals surface area contributed by atoms with Crippen molar-refractivity contribution in [1.82, 2.24) is 15.3 Å². The van der Waals surface area contributed by atoms with E-state index < -0.39 is 23.2 Å². The minimum absolute atomic E-state index is 0.0372. The Balaban J connectivity index is 2.59. The summed E-state index contributed by atoms with van der Waals surface area (Å²) in [7, 11) is 3.58. The summed E-state index contributed by atoms with van der Waals surface area (Å²) in [4.78, 5) is 24.2. The van der Waals surface area contributed by atoms with Crippen molar-refractivity contribution >= 4 is 12.1 Å². The number of rotatable bonds is 4. The molecule has 0 aromatic carbocycles. The third-order valence-corrected chi connectivity index (χ3v) is 2.59. The standard InChI is InChI=1S/C12H23N3O4/c1-11(2,3)19-10(18)15-7-12(8-15,6-9(16)17)13-14(4)5/h13H,6-8H2,1-5H3,(H,16,17). The minimum Gasteiger partial charge on any atom is -0.481 e. The van der Waals surface area contributed by atoms with Crippen LogP contribution in [0.5, 0.6) is 0 Å². The first-order valence-corrected chi connectivity index (χ1v) is 6.18. The number of carbonyl (C=O) groups is 2. The molecule has 0 aromatic heterocycles. The Morgan fingerprint density at radius 2 is 1.89 bits per heavy atom. The van der Waals surface area contributed by atoms with E-state index in [1.807, 2.05) is 0 Å². The van der Waals surface area contributed by atoms with Crippen LogP contribution in [0.15, 0.2) is 0 Å². The molecule has 0 radical (unpaired) electrons. The zero-order valence-corrected chi connectivity index (χ0v) is 12.2. The molecule has 19 heavy (non-hydrogen) atoms. The average molecular weight is 273 g/mol. The van der Waals surface area contributed by atoms with E-state index in [9.17, 15) is 9.59 Å². The summed E-state index contributed by atoms with van der Waals surface area (Å²) in [6.07, 6.45) is -0.445. The summed E-state index contributed by atoms with van der Waals surface area (Å²) in [5.74, 6) is -0.891. The fraction of sp³-hybridized carbons (Fsp3) is 0.833. The smallest absolute Gasteiger partial charge is 0.410 e. The van der Waals surface area contributed by atoms with Crippen LogP contribution in [0.1, 0.15) is 27.2 Å². The van der Waals surface area contributed by atoms with E-state index in [0.717, 1.165) is 0 Å². The zero-order chi connectivity index (χ0) is 14.8. The molecule has 1 rings (SSSR count). The van der Waals surface area contributed by atoms with Crippen LogP contribution in [-0.4, -0.2) is 65.4 Å². The average Bonchev–Trinajstić information content (AvgIpc) is 2.07. The maximum atomic E-state index is 11.8. The molecule has 1 heterocycles. The summed E-state index contributed by atoms with van der Waals surface area (Å²) >= 11 is 0. The van der Waals surface area contributed by atoms with Gasteiger partial charge in [0.1, 0.15) is 5.60 Å². The second-order valence-corrected chi connectivity index (χ2v) is 6.19. The number of hydrogen-bond donors (Lipinski definition) is 2. The van der Waals surface area contributed by atoms with Crippen molar-refractivity contribution in [2.24, 2.45) is 0 Å². The zero-order valence-electron chi connectivity index (χ0n) is 12.2. The van der Waals surface area contributed by atoms with Gasteiger partial charge in [-0.3, -0.25) is 4.79 Å². The highest BCUT2D eigenvalue weighted by Crippen LogP contribution is 2.26. The summed E-state index contributed by atoms with van der Waals surface area (Å²) in [5.41, 5.74) is 1.93. The van der Waals surface area contributed by atoms with Crippen LogP contribution in [-0.2, 0) is 9.53 Å². The number of ether oxygens (including phenoxy) is 1. The molecule has 7 heteroatoms. The van der Waals surface area contributed by atoms with Gasteiger partial charge < -0.3 is 14.7 Å².